The summed E-state index contributed by atoms with van der Waals surface area (Å²) in [5, 5.41) is 13.1. The van der Waals surface area contributed by atoms with Gasteiger partial charge < -0.3 is 13.8 Å². The topological polar surface area (TPSA) is 98.2 Å². The van der Waals surface area contributed by atoms with Crippen molar-refractivity contribution in [2.24, 2.45) is 11.3 Å². The van der Waals surface area contributed by atoms with E-state index >= 15 is 0 Å². The van der Waals surface area contributed by atoms with Gasteiger partial charge in [-0.25, -0.2) is 8.78 Å². The molecule has 2 aromatic heterocycles. The lowest BCUT2D eigenvalue weighted by atomic mass is 9.53. The summed E-state index contributed by atoms with van der Waals surface area (Å²) in [6.07, 6.45) is 8.68. The lowest BCUT2D eigenvalue weighted by molar-refractivity contribution is -0.121. The number of halogens is 2. The van der Waals surface area contributed by atoms with Crippen LogP contribution in [-0.4, -0.2) is 38.7 Å². The van der Waals surface area contributed by atoms with Crippen LogP contribution in [0.15, 0.2) is 33.2 Å². The Morgan fingerprint density at radius 2 is 1.68 bits per heavy atom. The van der Waals surface area contributed by atoms with E-state index in [0.717, 1.165) is 74.3 Å². The number of amides is 1. The molecule has 1 aromatic carbocycles. The summed E-state index contributed by atoms with van der Waals surface area (Å²) in [6.45, 7) is 6.85. The van der Waals surface area contributed by atoms with E-state index in [1.54, 1.807) is 0 Å². The number of benzene rings is 1. The van der Waals surface area contributed by atoms with Crippen LogP contribution in [0.25, 0.3) is 11.5 Å². The van der Waals surface area contributed by atoms with Crippen molar-refractivity contribution in [3.8, 4) is 11.5 Å². The number of hydrogen-bond acceptors (Lipinski definition) is 7. The molecular formula is C34H43F2N5O3. The highest BCUT2D eigenvalue weighted by molar-refractivity contribution is 5.94. The van der Waals surface area contributed by atoms with Crippen molar-refractivity contribution in [2.45, 2.75) is 127 Å². The number of hydrogen-bond donors (Lipinski definition) is 0. The molecule has 5 aliphatic carbocycles. The first-order valence-corrected chi connectivity index (χ1v) is 16.4. The van der Waals surface area contributed by atoms with Gasteiger partial charge in [-0.1, -0.05) is 32.0 Å². The minimum absolute atomic E-state index is 0.00469. The lowest BCUT2D eigenvalue weighted by Gasteiger charge is -2.53. The van der Waals surface area contributed by atoms with Crippen LogP contribution in [0.2, 0.25) is 0 Å². The molecule has 1 amide bonds. The summed E-state index contributed by atoms with van der Waals surface area (Å²) in [7, 11) is 0. The fourth-order valence-corrected chi connectivity index (χ4v) is 7.55. The zero-order valence-corrected chi connectivity index (χ0v) is 26.1. The second-order valence-corrected chi connectivity index (χ2v) is 15.2. The fraction of sp³-hybridized carbons (Fsp3) is 0.676. The summed E-state index contributed by atoms with van der Waals surface area (Å²) in [4.78, 5) is 20.7. The molecule has 5 saturated carbocycles. The van der Waals surface area contributed by atoms with Crippen LogP contribution in [0.3, 0.4) is 0 Å². The SMILES string of the molecule is CC(C)(C)c1nnc(C23CCC(CN(C(=O)CC4CCC(F)(F)CC4)c4cccc(-c5nc(C6CC6)no5)c4)(CC2)CC3)o1. The monoisotopic (exact) mass is 607 g/mol. The molecule has 8 rings (SSSR count). The average Bonchev–Trinajstić information content (AvgIpc) is 3.49. The first-order chi connectivity index (χ1) is 20.9. The zero-order valence-electron chi connectivity index (χ0n) is 26.1. The molecule has 0 aliphatic heterocycles. The molecule has 5 aliphatic rings. The maximum atomic E-state index is 14.1. The van der Waals surface area contributed by atoms with Crippen LogP contribution >= 0.6 is 0 Å². The Morgan fingerprint density at radius 3 is 2.32 bits per heavy atom. The predicted molar refractivity (Wildman–Crippen MR) is 160 cm³/mol. The van der Waals surface area contributed by atoms with Crippen molar-refractivity contribution >= 4 is 11.6 Å². The molecule has 0 saturated heterocycles. The largest absolute Gasteiger partial charge is 0.424 e. The third-order valence-electron chi connectivity index (χ3n) is 10.8. The van der Waals surface area contributed by atoms with Crippen LogP contribution in [0, 0.1) is 11.3 Å². The van der Waals surface area contributed by atoms with E-state index in [1.165, 1.54) is 0 Å². The molecule has 236 valence electrons. The Hall–Kier alpha value is -3.17. The van der Waals surface area contributed by atoms with Crippen LogP contribution in [0.1, 0.15) is 128 Å². The van der Waals surface area contributed by atoms with Gasteiger partial charge in [-0.2, -0.15) is 4.98 Å². The van der Waals surface area contributed by atoms with Crippen molar-refractivity contribution in [3.05, 3.63) is 41.9 Å². The van der Waals surface area contributed by atoms with E-state index < -0.39 is 5.92 Å². The molecule has 0 N–H and O–H groups in total. The van der Waals surface area contributed by atoms with Gasteiger partial charge in [0.1, 0.15) is 0 Å². The number of alkyl halides is 2. The molecular weight excluding hydrogens is 564 g/mol. The maximum Gasteiger partial charge on any atom is 0.258 e. The molecule has 3 aromatic rings. The molecule has 10 heteroatoms. The number of aromatic nitrogens is 4. The Labute approximate surface area is 257 Å². The van der Waals surface area contributed by atoms with E-state index in [0.29, 0.717) is 37.1 Å². The van der Waals surface area contributed by atoms with Gasteiger partial charge in [-0.05, 0) is 93.7 Å². The second kappa shape index (κ2) is 10.7. The minimum atomic E-state index is -2.61. The van der Waals surface area contributed by atoms with Crippen molar-refractivity contribution < 1.29 is 22.5 Å². The molecule has 0 radical (unpaired) electrons. The van der Waals surface area contributed by atoms with Crippen LogP contribution in [0.5, 0.6) is 0 Å². The van der Waals surface area contributed by atoms with Crippen LogP contribution in [-0.2, 0) is 15.6 Å². The fourth-order valence-electron chi connectivity index (χ4n) is 7.55. The number of nitrogens with zero attached hydrogens (tertiary/aromatic N) is 5. The third-order valence-corrected chi connectivity index (χ3v) is 10.8. The molecule has 2 heterocycles. The predicted octanol–water partition coefficient (Wildman–Crippen LogP) is 8.14. The number of carbonyl (C=O) groups excluding carboxylic acids is 1. The summed E-state index contributed by atoms with van der Waals surface area (Å²) >= 11 is 0. The van der Waals surface area contributed by atoms with E-state index in [-0.39, 0.29) is 47.3 Å². The van der Waals surface area contributed by atoms with Crippen molar-refractivity contribution in [1.29, 1.82) is 0 Å². The Bertz CT molecular complexity index is 1490. The highest BCUT2D eigenvalue weighted by atomic mass is 19.3. The van der Waals surface area contributed by atoms with Crippen LogP contribution < -0.4 is 4.90 Å². The van der Waals surface area contributed by atoms with Gasteiger partial charge >= 0.3 is 0 Å². The highest BCUT2D eigenvalue weighted by Crippen LogP contribution is 2.58. The molecule has 0 spiro atoms. The second-order valence-electron chi connectivity index (χ2n) is 15.2. The minimum Gasteiger partial charge on any atom is -0.424 e. The first kappa shape index (κ1) is 29.5. The lowest BCUT2D eigenvalue weighted by Crippen LogP contribution is -2.51. The van der Waals surface area contributed by atoms with Gasteiger partial charge in [0, 0.05) is 53.8 Å². The van der Waals surface area contributed by atoms with Gasteiger partial charge in [0.05, 0.1) is 0 Å². The van der Waals surface area contributed by atoms with E-state index in [4.69, 9.17) is 8.94 Å². The van der Waals surface area contributed by atoms with Crippen molar-refractivity contribution in [3.63, 3.8) is 0 Å². The normalized spacial score (nSPS) is 27.0. The summed E-state index contributed by atoms with van der Waals surface area (Å²) < 4.78 is 39.6. The number of fused-ring (bicyclic) bond motifs is 3. The molecule has 0 atom stereocenters. The van der Waals surface area contributed by atoms with E-state index in [9.17, 15) is 13.6 Å². The Kier molecular flexibility index (Phi) is 7.20. The van der Waals surface area contributed by atoms with Gasteiger partial charge in [0.25, 0.3) is 5.89 Å². The Morgan fingerprint density at radius 1 is 0.977 bits per heavy atom. The number of anilines is 1. The maximum absolute atomic E-state index is 14.1. The van der Waals surface area contributed by atoms with Gasteiger partial charge in [-0.3, -0.25) is 4.79 Å². The zero-order chi connectivity index (χ0) is 30.7. The molecule has 5 fully saturated rings. The van der Waals surface area contributed by atoms with Crippen molar-refractivity contribution in [2.75, 3.05) is 11.4 Å². The summed E-state index contributed by atoms with van der Waals surface area (Å²) in [6, 6.07) is 7.80. The number of rotatable bonds is 8. The van der Waals surface area contributed by atoms with Gasteiger partial charge in [0.2, 0.25) is 23.6 Å². The molecule has 0 unspecified atom stereocenters. The van der Waals surface area contributed by atoms with Crippen molar-refractivity contribution in [1.82, 2.24) is 20.3 Å². The van der Waals surface area contributed by atoms with Crippen LogP contribution in [0.4, 0.5) is 14.5 Å². The summed E-state index contributed by atoms with van der Waals surface area (Å²) in [5.41, 5.74) is 1.26. The quantitative estimate of drug-likeness (QED) is 0.255. The first-order valence-electron chi connectivity index (χ1n) is 16.4. The van der Waals surface area contributed by atoms with E-state index in [2.05, 4.69) is 41.1 Å². The third kappa shape index (κ3) is 5.81. The van der Waals surface area contributed by atoms with E-state index in [1.807, 2.05) is 29.2 Å². The molecule has 2 bridgehead atoms. The molecule has 8 nitrogen and oxygen atoms in total. The number of carbonyl (C=O) groups is 1. The average molecular weight is 608 g/mol. The van der Waals surface area contributed by atoms with Gasteiger partial charge in [0.15, 0.2) is 5.82 Å². The summed E-state index contributed by atoms with van der Waals surface area (Å²) in [5.74, 6) is 0.388. The standard InChI is InChI=1S/C34H43F2N5O3/c1-31(2,3)29-38-39-30(43-29)33-16-13-32(14-17-33,15-18-33)21-41(26(42)19-22-9-11-34(35,36)12-10-22)25-6-4-5-24(20-25)28-37-27(40-44-28)23-7-8-23/h4-6,20,22-23H,7-19,21H2,1-3H3. The smallest absolute Gasteiger partial charge is 0.258 e. The van der Waals surface area contributed by atoms with Gasteiger partial charge in [-0.15, -0.1) is 10.2 Å². The Balaban J connectivity index is 1.12. The highest BCUT2D eigenvalue weighted by Gasteiger charge is 2.53. The molecule has 44 heavy (non-hydrogen) atoms.